The Kier molecular flexibility index (Phi) is 3.61. The predicted molar refractivity (Wildman–Crippen MR) is 79.0 cm³/mol. The van der Waals surface area contributed by atoms with E-state index in [1.807, 2.05) is 20.0 Å². The Bertz CT molecular complexity index is 513. The van der Waals surface area contributed by atoms with Crippen LogP contribution in [-0.4, -0.2) is 48.0 Å². The zero-order valence-corrected chi connectivity index (χ0v) is 12.1. The third kappa shape index (κ3) is 2.77. The topological polar surface area (TPSA) is 57.3 Å². The van der Waals surface area contributed by atoms with Gasteiger partial charge < -0.3 is 10.6 Å². The van der Waals surface area contributed by atoms with Crippen LogP contribution in [0.25, 0.3) is 0 Å². The average Bonchev–Trinajstić information content (AvgIpc) is 3.19. The first-order chi connectivity index (χ1) is 9.67. The SMILES string of the molecule is CNc1cc(C)ncc1C(=O)NC1CCN(C2CC2)C1. The molecule has 108 valence electrons. The van der Waals surface area contributed by atoms with Crippen molar-refractivity contribution in [2.45, 2.75) is 38.3 Å². The highest BCUT2D eigenvalue weighted by molar-refractivity contribution is 5.99. The first-order valence-corrected chi connectivity index (χ1v) is 7.36. The van der Waals surface area contributed by atoms with E-state index in [2.05, 4.69) is 20.5 Å². The first kappa shape index (κ1) is 13.4. The molecular formula is C15H22N4O. The number of aryl methyl sites for hydroxylation is 1. The zero-order valence-electron chi connectivity index (χ0n) is 12.1. The normalized spacial score (nSPS) is 22.8. The number of hydrogen-bond donors (Lipinski definition) is 2. The van der Waals surface area contributed by atoms with Gasteiger partial charge in [-0.3, -0.25) is 14.7 Å². The summed E-state index contributed by atoms with van der Waals surface area (Å²) >= 11 is 0. The Morgan fingerprint density at radius 3 is 2.90 bits per heavy atom. The highest BCUT2D eigenvalue weighted by atomic mass is 16.1. The number of amides is 1. The fourth-order valence-corrected chi connectivity index (χ4v) is 2.89. The smallest absolute Gasteiger partial charge is 0.255 e. The highest BCUT2D eigenvalue weighted by Gasteiger charge is 2.34. The fourth-order valence-electron chi connectivity index (χ4n) is 2.89. The van der Waals surface area contributed by atoms with E-state index >= 15 is 0 Å². The summed E-state index contributed by atoms with van der Waals surface area (Å²) < 4.78 is 0. The number of anilines is 1. The largest absolute Gasteiger partial charge is 0.387 e. The number of carbonyl (C=O) groups is 1. The molecule has 2 N–H and O–H groups in total. The molecule has 1 atom stereocenters. The second kappa shape index (κ2) is 5.40. The Labute approximate surface area is 119 Å². The molecule has 5 heteroatoms. The van der Waals surface area contributed by atoms with Gasteiger partial charge in [-0.25, -0.2) is 0 Å². The quantitative estimate of drug-likeness (QED) is 0.871. The molecule has 0 radical (unpaired) electrons. The average molecular weight is 274 g/mol. The molecule has 0 bridgehead atoms. The summed E-state index contributed by atoms with van der Waals surface area (Å²) in [6, 6.07) is 2.96. The van der Waals surface area contributed by atoms with Gasteiger partial charge in [-0.2, -0.15) is 0 Å². The minimum Gasteiger partial charge on any atom is -0.387 e. The molecule has 1 aliphatic heterocycles. The van der Waals surface area contributed by atoms with Gasteiger partial charge in [-0.05, 0) is 32.3 Å². The summed E-state index contributed by atoms with van der Waals surface area (Å²) in [5.74, 6) is -0.0236. The second-order valence-corrected chi connectivity index (χ2v) is 5.81. The molecule has 1 aromatic rings. The van der Waals surface area contributed by atoms with Crippen LogP contribution in [0.1, 0.15) is 35.3 Å². The van der Waals surface area contributed by atoms with Gasteiger partial charge >= 0.3 is 0 Å². The van der Waals surface area contributed by atoms with Crippen molar-refractivity contribution in [3.8, 4) is 0 Å². The number of nitrogens with one attached hydrogen (secondary N) is 2. The minimum atomic E-state index is -0.0236. The van der Waals surface area contributed by atoms with Gasteiger partial charge in [0.05, 0.1) is 11.3 Å². The van der Waals surface area contributed by atoms with Crippen LogP contribution in [0.3, 0.4) is 0 Å². The maximum atomic E-state index is 12.4. The van der Waals surface area contributed by atoms with Gasteiger partial charge in [0, 0.05) is 44.1 Å². The maximum Gasteiger partial charge on any atom is 0.255 e. The molecule has 2 aliphatic rings. The van der Waals surface area contributed by atoms with Crippen molar-refractivity contribution in [1.29, 1.82) is 0 Å². The summed E-state index contributed by atoms with van der Waals surface area (Å²) in [6.45, 7) is 4.03. The minimum absolute atomic E-state index is 0.0236. The number of likely N-dealkylation sites (tertiary alicyclic amines) is 1. The Hall–Kier alpha value is -1.62. The lowest BCUT2D eigenvalue weighted by Gasteiger charge is -2.16. The van der Waals surface area contributed by atoms with Crippen LogP contribution in [0.15, 0.2) is 12.3 Å². The van der Waals surface area contributed by atoms with Crippen LogP contribution in [0.5, 0.6) is 0 Å². The lowest BCUT2D eigenvalue weighted by atomic mass is 10.1. The van der Waals surface area contributed by atoms with Gasteiger partial charge in [0.15, 0.2) is 0 Å². The lowest BCUT2D eigenvalue weighted by molar-refractivity contribution is 0.0938. The summed E-state index contributed by atoms with van der Waals surface area (Å²) in [5, 5.41) is 6.21. The molecule has 1 saturated heterocycles. The Morgan fingerprint density at radius 2 is 2.20 bits per heavy atom. The second-order valence-electron chi connectivity index (χ2n) is 5.81. The van der Waals surface area contributed by atoms with E-state index < -0.39 is 0 Å². The fraction of sp³-hybridized carbons (Fsp3) is 0.600. The number of rotatable bonds is 4. The van der Waals surface area contributed by atoms with E-state index in [0.717, 1.165) is 36.9 Å². The van der Waals surface area contributed by atoms with Crippen LogP contribution in [0.4, 0.5) is 5.69 Å². The van der Waals surface area contributed by atoms with Crippen LogP contribution < -0.4 is 10.6 Å². The van der Waals surface area contributed by atoms with Crippen LogP contribution in [-0.2, 0) is 0 Å². The van der Waals surface area contributed by atoms with Crippen molar-refractivity contribution in [2.75, 3.05) is 25.5 Å². The van der Waals surface area contributed by atoms with Gasteiger partial charge in [0.25, 0.3) is 5.91 Å². The summed E-state index contributed by atoms with van der Waals surface area (Å²) in [5.41, 5.74) is 2.38. The first-order valence-electron chi connectivity index (χ1n) is 7.36. The Balaban J connectivity index is 1.64. The van der Waals surface area contributed by atoms with Crippen molar-refractivity contribution >= 4 is 11.6 Å². The van der Waals surface area contributed by atoms with Crippen molar-refractivity contribution in [2.24, 2.45) is 0 Å². The van der Waals surface area contributed by atoms with Crippen LogP contribution in [0, 0.1) is 6.92 Å². The van der Waals surface area contributed by atoms with Gasteiger partial charge in [-0.15, -0.1) is 0 Å². The molecule has 20 heavy (non-hydrogen) atoms. The Morgan fingerprint density at radius 1 is 1.40 bits per heavy atom. The van der Waals surface area contributed by atoms with Gasteiger partial charge in [-0.1, -0.05) is 0 Å². The molecule has 1 unspecified atom stereocenters. The van der Waals surface area contributed by atoms with E-state index in [4.69, 9.17) is 0 Å². The lowest BCUT2D eigenvalue weighted by Crippen LogP contribution is -2.37. The van der Waals surface area contributed by atoms with Crippen molar-refractivity contribution in [3.05, 3.63) is 23.5 Å². The number of hydrogen-bond acceptors (Lipinski definition) is 4. The molecule has 2 fully saturated rings. The number of carbonyl (C=O) groups excluding carboxylic acids is 1. The highest BCUT2D eigenvalue weighted by Crippen LogP contribution is 2.29. The standard InChI is InChI=1S/C15H22N4O/c1-10-7-14(16-2)13(8-17-10)15(20)18-11-5-6-19(9-11)12-3-4-12/h7-8,11-12H,3-6,9H2,1-2H3,(H,16,17)(H,18,20). The molecule has 1 saturated carbocycles. The zero-order chi connectivity index (χ0) is 14.1. The van der Waals surface area contributed by atoms with Crippen molar-refractivity contribution in [1.82, 2.24) is 15.2 Å². The number of pyridine rings is 1. The molecule has 1 amide bonds. The molecular weight excluding hydrogens is 252 g/mol. The predicted octanol–water partition coefficient (Wildman–Crippen LogP) is 1.40. The van der Waals surface area contributed by atoms with E-state index in [1.54, 1.807) is 6.20 Å². The number of aromatic nitrogens is 1. The molecule has 3 rings (SSSR count). The molecule has 2 heterocycles. The van der Waals surface area contributed by atoms with Gasteiger partial charge in [0.1, 0.15) is 0 Å². The maximum absolute atomic E-state index is 12.4. The monoisotopic (exact) mass is 274 g/mol. The van der Waals surface area contributed by atoms with Crippen molar-refractivity contribution < 1.29 is 4.79 Å². The summed E-state index contributed by atoms with van der Waals surface area (Å²) in [7, 11) is 1.83. The van der Waals surface area contributed by atoms with E-state index in [-0.39, 0.29) is 11.9 Å². The summed E-state index contributed by atoms with van der Waals surface area (Å²) in [6.07, 6.45) is 5.36. The van der Waals surface area contributed by atoms with E-state index in [9.17, 15) is 4.79 Å². The molecule has 1 aliphatic carbocycles. The molecule has 0 aromatic carbocycles. The third-order valence-electron chi connectivity index (χ3n) is 4.17. The van der Waals surface area contributed by atoms with Crippen LogP contribution >= 0.6 is 0 Å². The number of nitrogens with zero attached hydrogens (tertiary/aromatic N) is 2. The van der Waals surface area contributed by atoms with Gasteiger partial charge in [0.2, 0.25) is 0 Å². The summed E-state index contributed by atoms with van der Waals surface area (Å²) in [4.78, 5) is 19.1. The third-order valence-corrected chi connectivity index (χ3v) is 4.17. The van der Waals surface area contributed by atoms with Crippen LogP contribution in [0.2, 0.25) is 0 Å². The van der Waals surface area contributed by atoms with E-state index in [0.29, 0.717) is 5.56 Å². The van der Waals surface area contributed by atoms with E-state index in [1.165, 1.54) is 12.8 Å². The molecule has 5 nitrogen and oxygen atoms in total. The molecule has 0 spiro atoms. The molecule has 1 aromatic heterocycles. The van der Waals surface area contributed by atoms with Crippen molar-refractivity contribution in [3.63, 3.8) is 0 Å².